The fourth-order valence-electron chi connectivity index (χ4n) is 0.850. The Morgan fingerprint density at radius 2 is 1.93 bits per heavy atom. The Bertz CT molecular complexity index is 238. The van der Waals surface area contributed by atoms with Crippen LogP contribution in [0.3, 0.4) is 0 Å². The maximum Gasteiger partial charge on any atom is 0.329 e. The lowest BCUT2D eigenvalue weighted by Gasteiger charge is -2.33. The number of likely N-dealkylation sites (N-methyl/N-ethyl adjacent to an activating group) is 1. The van der Waals surface area contributed by atoms with Gasteiger partial charge < -0.3 is 15.7 Å². The van der Waals surface area contributed by atoms with Crippen molar-refractivity contribution in [2.45, 2.75) is 26.3 Å². The van der Waals surface area contributed by atoms with E-state index in [9.17, 15) is 9.59 Å². The molecule has 14 heavy (non-hydrogen) atoms. The van der Waals surface area contributed by atoms with Crippen LogP contribution in [0.15, 0.2) is 0 Å². The lowest BCUT2D eigenvalue weighted by atomic mass is 10.0. The van der Waals surface area contributed by atoms with E-state index in [1.807, 2.05) is 0 Å². The summed E-state index contributed by atoms with van der Waals surface area (Å²) in [7, 11) is 1.47. The molecule has 0 aliphatic rings. The predicted molar refractivity (Wildman–Crippen MR) is 52.7 cm³/mol. The van der Waals surface area contributed by atoms with E-state index in [2.05, 4.69) is 0 Å². The molecule has 0 aromatic carbocycles. The first kappa shape index (κ1) is 12.9. The van der Waals surface area contributed by atoms with Gasteiger partial charge in [-0.1, -0.05) is 6.92 Å². The zero-order chi connectivity index (χ0) is 11.5. The maximum absolute atomic E-state index is 11.6. The van der Waals surface area contributed by atoms with E-state index in [0.29, 0.717) is 0 Å². The van der Waals surface area contributed by atoms with Crippen molar-refractivity contribution >= 4 is 11.9 Å². The third-order valence-electron chi connectivity index (χ3n) is 2.47. The average molecular weight is 202 g/mol. The normalized spacial score (nSPS) is 13.5. The number of carbonyl (C=O) groups is 2. The molecular weight excluding hydrogens is 184 g/mol. The number of nitrogens with two attached hydrogens (primary N) is 1. The lowest BCUT2D eigenvalue weighted by molar-refractivity contribution is -0.156. The predicted octanol–water partition coefficient (Wildman–Crippen LogP) is -0.0972. The second-order valence-electron chi connectivity index (χ2n) is 3.90. The van der Waals surface area contributed by atoms with Crippen LogP contribution in [0.2, 0.25) is 0 Å². The molecule has 5 heteroatoms. The number of aliphatic carboxylic acids is 1. The highest BCUT2D eigenvalue weighted by atomic mass is 16.4. The van der Waals surface area contributed by atoms with Gasteiger partial charge in [0.15, 0.2) is 0 Å². The Hall–Kier alpha value is -1.10. The molecule has 0 saturated heterocycles. The largest absolute Gasteiger partial charge is 0.480 e. The molecule has 0 aliphatic heterocycles. The van der Waals surface area contributed by atoms with E-state index < -0.39 is 11.5 Å². The van der Waals surface area contributed by atoms with Gasteiger partial charge in [-0.25, -0.2) is 4.79 Å². The second-order valence-corrected chi connectivity index (χ2v) is 3.90. The lowest BCUT2D eigenvalue weighted by Crippen LogP contribution is -2.53. The molecule has 0 aromatic heterocycles. The monoisotopic (exact) mass is 202 g/mol. The first-order valence-electron chi connectivity index (χ1n) is 4.46. The average Bonchev–Trinajstić information content (AvgIpc) is 2.13. The highest BCUT2D eigenvalue weighted by molar-refractivity contribution is 5.87. The molecule has 5 nitrogen and oxygen atoms in total. The van der Waals surface area contributed by atoms with Crippen molar-refractivity contribution in [1.29, 1.82) is 0 Å². The van der Waals surface area contributed by atoms with Gasteiger partial charge in [0, 0.05) is 19.5 Å². The molecule has 0 aliphatic carbocycles. The summed E-state index contributed by atoms with van der Waals surface area (Å²) in [4.78, 5) is 23.7. The summed E-state index contributed by atoms with van der Waals surface area (Å²) in [5.74, 6) is -1.63. The molecule has 3 N–H and O–H groups in total. The SMILES string of the molecule is CC(CN)C(=O)N(C)C(C)(C)C(=O)O. The Morgan fingerprint density at radius 3 is 2.21 bits per heavy atom. The summed E-state index contributed by atoms with van der Waals surface area (Å²) in [6, 6.07) is 0. The van der Waals surface area contributed by atoms with E-state index in [4.69, 9.17) is 10.8 Å². The number of rotatable bonds is 4. The number of hydrogen-bond donors (Lipinski definition) is 2. The molecule has 1 amide bonds. The number of carboxylic acid groups (broad SMARTS) is 1. The minimum Gasteiger partial charge on any atom is -0.480 e. The van der Waals surface area contributed by atoms with Crippen LogP contribution in [0.5, 0.6) is 0 Å². The third kappa shape index (κ3) is 2.45. The smallest absolute Gasteiger partial charge is 0.329 e. The first-order chi connectivity index (χ1) is 6.25. The maximum atomic E-state index is 11.6. The fraction of sp³-hybridized carbons (Fsp3) is 0.778. The zero-order valence-electron chi connectivity index (χ0n) is 9.07. The van der Waals surface area contributed by atoms with Crippen LogP contribution >= 0.6 is 0 Å². The van der Waals surface area contributed by atoms with Gasteiger partial charge in [0.1, 0.15) is 5.54 Å². The van der Waals surface area contributed by atoms with Gasteiger partial charge in [-0.3, -0.25) is 4.79 Å². The van der Waals surface area contributed by atoms with Gasteiger partial charge in [-0.15, -0.1) is 0 Å². The van der Waals surface area contributed by atoms with Crippen LogP contribution in [-0.2, 0) is 9.59 Å². The van der Waals surface area contributed by atoms with Crippen molar-refractivity contribution < 1.29 is 14.7 Å². The van der Waals surface area contributed by atoms with Gasteiger partial charge in [-0.2, -0.15) is 0 Å². The molecule has 0 heterocycles. The highest BCUT2D eigenvalue weighted by Gasteiger charge is 2.36. The fourth-order valence-corrected chi connectivity index (χ4v) is 0.850. The molecular formula is C9H18N2O3. The zero-order valence-corrected chi connectivity index (χ0v) is 9.07. The van der Waals surface area contributed by atoms with Crippen LogP contribution in [0.25, 0.3) is 0 Å². The molecule has 0 saturated carbocycles. The molecule has 0 radical (unpaired) electrons. The van der Waals surface area contributed by atoms with Crippen molar-refractivity contribution in [1.82, 2.24) is 4.90 Å². The number of amides is 1. The van der Waals surface area contributed by atoms with E-state index >= 15 is 0 Å². The molecule has 0 fully saturated rings. The Morgan fingerprint density at radius 1 is 1.50 bits per heavy atom. The molecule has 82 valence electrons. The number of hydrogen-bond acceptors (Lipinski definition) is 3. The van der Waals surface area contributed by atoms with Gasteiger partial charge in [0.2, 0.25) is 5.91 Å². The van der Waals surface area contributed by atoms with Gasteiger partial charge in [0.25, 0.3) is 0 Å². The summed E-state index contributed by atoms with van der Waals surface area (Å²) in [6.45, 7) is 4.86. The number of nitrogens with zero attached hydrogens (tertiary/aromatic N) is 1. The van der Waals surface area contributed by atoms with Gasteiger partial charge in [0.05, 0.1) is 0 Å². The Kier molecular flexibility index (Phi) is 4.07. The summed E-state index contributed by atoms with van der Waals surface area (Å²) in [5.41, 5.74) is 4.14. The highest BCUT2D eigenvalue weighted by Crippen LogP contribution is 2.15. The molecule has 0 aromatic rings. The van der Waals surface area contributed by atoms with E-state index in [0.717, 1.165) is 0 Å². The minimum atomic E-state index is -1.19. The van der Waals surface area contributed by atoms with E-state index in [1.165, 1.54) is 25.8 Å². The second kappa shape index (κ2) is 4.41. The van der Waals surface area contributed by atoms with E-state index in [-0.39, 0.29) is 18.4 Å². The summed E-state index contributed by atoms with van der Waals surface area (Å²) >= 11 is 0. The van der Waals surface area contributed by atoms with Crippen LogP contribution in [-0.4, -0.2) is 41.0 Å². The molecule has 1 unspecified atom stereocenters. The molecule has 1 atom stereocenters. The number of carboxylic acids is 1. The van der Waals surface area contributed by atoms with Crippen molar-refractivity contribution in [2.24, 2.45) is 11.7 Å². The van der Waals surface area contributed by atoms with Crippen molar-refractivity contribution in [3.63, 3.8) is 0 Å². The van der Waals surface area contributed by atoms with Crippen LogP contribution in [0.4, 0.5) is 0 Å². The first-order valence-corrected chi connectivity index (χ1v) is 4.46. The topological polar surface area (TPSA) is 83.6 Å². The molecule has 0 bridgehead atoms. The van der Waals surface area contributed by atoms with Crippen LogP contribution in [0.1, 0.15) is 20.8 Å². The summed E-state index contributed by atoms with van der Waals surface area (Å²) < 4.78 is 0. The third-order valence-corrected chi connectivity index (χ3v) is 2.47. The van der Waals surface area contributed by atoms with Crippen LogP contribution < -0.4 is 5.73 Å². The summed E-state index contributed by atoms with van der Waals surface area (Å²) in [5, 5.41) is 8.89. The number of carbonyl (C=O) groups excluding carboxylic acids is 1. The van der Waals surface area contributed by atoms with Crippen molar-refractivity contribution in [3.05, 3.63) is 0 Å². The van der Waals surface area contributed by atoms with Gasteiger partial charge in [-0.05, 0) is 13.8 Å². The van der Waals surface area contributed by atoms with Crippen molar-refractivity contribution in [2.75, 3.05) is 13.6 Å². The Balaban J connectivity index is 4.69. The van der Waals surface area contributed by atoms with Crippen molar-refractivity contribution in [3.8, 4) is 0 Å². The minimum absolute atomic E-state index is 0.221. The quantitative estimate of drug-likeness (QED) is 0.667. The van der Waals surface area contributed by atoms with E-state index in [1.54, 1.807) is 6.92 Å². The molecule has 0 spiro atoms. The molecule has 0 rings (SSSR count). The van der Waals surface area contributed by atoms with Gasteiger partial charge >= 0.3 is 5.97 Å². The Labute approximate surface area is 83.9 Å². The summed E-state index contributed by atoms with van der Waals surface area (Å²) in [6.07, 6.45) is 0. The van der Waals surface area contributed by atoms with Crippen LogP contribution in [0, 0.1) is 5.92 Å². The standard InChI is InChI=1S/C9H18N2O3/c1-6(5-10)7(12)11(4)9(2,3)8(13)14/h6H,5,10H2,1-4H3,(H,13,14).